The molecule has 118 valence electrons. The lowest BCUT2D eigenvalue weighted by atomic mass is 10.1. The van der Waals surface area contributed by atoms with Crippen LogP contribution in [0.15, 0.2) is 42.5 Å². The highest BCUT2D eigenvalue weighted by atomic mass is 16.5. The number of fused-ring (bicyclic) bond motifs is 1. The Morgan fingerprint density at radius 2 is 1.87 bits per heavy atom. The molecule has 0 aromatic heterocycles. The Balaban J connectivity index is 1.90. The number of hydrogen-bond donors (Lipinski definition) is 0. The zero-order valence-electron chi connectivity index (χ0n) is 13.0. The number of carbonyl (C=O) groups excluding carboxylic acids is 2. The third-order valence-corrected chi connectivity index (χ3v) is 3.96. The fraction of sp³-hybridized carbons (Fsp3) is 0.222. The van der Waals surface area contributed by atoms with Crippen molar-refractivity contribution in [3.63, 3.8) is 0 Å². The SMILES string of the molecule is COC(=O)c1ccc2c(c1)CCN2C(=O)c1cccc(OC)c1. The molecule has 1 amide bonds. The van der Waals surface area contributed by atoms with Crippen LogP contribution in [0.3, 0.4) is 0 Å². The molecule has 0 fully saturated rings. The Morgan fingerprint density at radius 1 is 1.04 bits per heavy atom. The summed E-state index contributed by atoms with van der Waals surface area (Å²) in [5.74, 6) is 0.204. The molecule has 23 heavy (non-hydrogen) atoms. The number of esters is 1. The van der Waals surface area contributed by atoms with E-state index in [-0.39, 0.29) is 11.9 Å². The van der Waals surface area contributed by atoms with Gasteiger partial charge in [0.15, 0.2) is 0 Å². The van der Waals surface area contributed by atoms with Gasteiger partial charge in [0.2, 0.25) is 0 Å². The van der Waals surface area contributed by atoms with Gasteiger partial charge in [-0.15, -0.1) is 0 Å². The highest BCUT2D eigenvalue weighted by molar-refractivity contribution is 6.07. The van der Waals surface area contributed by atoms with Gasteiger partial charge in [-0.05, 0) is 48.4 Å². The van der Waals surface area contributed by atoms with Crippen LogP contribution in [0.5, 0.6) is 5.75 Å². The number of benzene rings is 2. The first kappa shape index (κ1) is 15.1. The number of anilines is 1. The molecule has 0 atom stereocenters. The van der Waals surface area contributed by atoms with Crippen molar-refractivity contribution in [2.75, 3.05) is 25.7 Å². The minimum absolute atomic E-state index is 0.0755. The number of ether oxygens (including phenoxy) is 2. The normalized spacial score (nSPS) is 12.7. The number of amides is 1. The highest BCUT2D eigenvalue weighted by Gasteiger charge is 2.26. The number of hydrogen-bond acceptors (Lipinski definition) is 4. The molecule has 3 rings (SSSR count). The minimum Gasteiger partial charge on any atom is -0.497 e. The lowest BCUT2D eigenvalue weighted by Crippen LogP contribution is -2.28. The van der Waals surface area contributed by atoms with Crippen LogP contribution in [0.4, 0.5) is 5.69 Å². The average Bonchev–Trinajstić information content (AvgIpc) is 3.03. The second kappa shape index (κ2) is 6.12. The molecule has 1 heterocycles. The van der Waals surface area contributed by atoms with Gasteiger partial charge in [-0.1, -0.05) is 6.07 Å². The van der Waals surface area contributed by atoms with Gasteiger partial charge in [-0.2, -0.15) is 0 Å². The third-order valence-electron chi connectivity index (χ3n) is 3.96. The van der Waals surface area contributed by atoms with Gasteiger partial charge in [0.1, 0.15) is 5.75 Å². The fourth-order valence-electron chi connectivity index (χ4n) is 2.77. The Labute approximate surface area is 134 Å². The maximum absolute atomic E-state index is 12.7. The predicted molar refractivity (Wildman–Crippen MR) is 86.2 cm³/mol. The number of rotatable bonds is 3. The monoisotopic (exact) mass is 311 g/mol. The molecule has 0 saturated heterocycles. The topological polar surface area (TPSA) is 55.8 Å². The number of nitrogens with zero attached hydrogens (tertiary/aromatic N) is 1. The van der Waals surface area contributed by atoms with Crippen LogP contribution < -0.4 is 9.64 Å². The molecule has 0 aliphatic carbocycles. The summed E-state index contributed by atoms with van der Waals surface area (Å²) in [6.45, 7) is 0.593. The summed E-state index contributed by atoms with van der Waals surface area (Å²) < 4.78 is 9.90. The van der Waals surface area contributed by atoms with Crippen molar-refractivity contribution in [1.82, 2.24) is 0 Å². The van der Waals surface area contributed by atoms with Crippen LogP contribution in [0.25, 0.3) is 0 Å². The first-order chi connectivity index (χ1) is 11.1. The van der Waals surface area contributed by atoms with E-state index in [0.717, 1.165) is 17.7 Å². The van der Waals surface area contributed by atoms with Gasteiger partial charge in [-0.3, -0.25) is 4.79 Å². The molecular formula is C18H17NO4. The molecule has 2 aromatic carbocycles. The van der Waals surface area contributed by atoms with E-state index in [1.165, 1.54) is 7.11 Å². The number of methoxy groups -OCH3 is 2. The van der Waals surface area contributed by atoms with Gasteiger partial charge in [0.05, 0.1) is 19.8 Å². The van der Waals surface area contributed by atoms with E-state index < -0.39 is 0 Å². The zero-order chi connectivity index (χ0) is 16.4. The van der Waals surface area contributed by atoms with Crippen molar-refractivity contribution in [1.29, 1.82) is 0 Å². The van der Waals surface area contributed by atoms with Crippen LogP contribution in [0.1, 0.15) is 26.3 Å². The van der Waals surface area contributed by atoms with E-state index in [4.69, 9.17) is 9.47 Å². The Hall–Kier alpha value is -2.82. The van der Waals surface area contributed by atoms with Crippen molar-refractivity contribution >= 4 is 17.6 Å². The van der Waals surface area contributed by atoms with Crippen LogP contribution >= 0.6 is 0 Å². The van der Waals surface area contributed by atoms with Crippen molar-refractivity contribution in [3.8, 4) is 5.75 Å². The summed E-state index contributed by atoms with van der Waals surface area (Å²) in [6.07, 6.45) is 0.718. The largest absolute Gasteiger partial charge is 0.497 e. The molecule has 0 saturated carbocycles. The standard InChI is InChI=1S/C18H17NO4/c1-22-15-5-3-4-13(11-15)17(20)19-9-8-12-10-14(18(21)23-2)6-7-16(12)19/h3-7,10-11H,8-9H2,1-2H3. The van der Waals surface area contributed by atoms with E-state index in [1.54, 1.807) is 54.5 Å². The Morgan fingerprint density at radius 3 is 2.61 bits per heavy atom. The van der Waals surface area contributed by atoms with Crippen molar-refractivity contribution in [2.45, 2.75) is 6.42 Å². The Bertz CT molecular complexity index is 769. The van der Waals surface area contributed by atoms with Crippen molar-refractivity contribution < 1.29 is 19.1 Å². The second-order valence-electron chi connectivity index (χ2n) is 5.27. The Kier molecular flexibility index (Phi) is 4.02. The maximum Gasteiger partial charge on any atom is 0.337 e. The van der Waals surface area contributed by atoms with Crippen molar-refractivity contribution in [3.05, 3.63) is 59.2 Å². The molecule has 0 spiro atoms. The van der Waals surface area contributed by atoms with Gasteiger partial charge in [0, 0.05) is 17.8 Å². The molecule has 5 heteroatoms. The molecule has 0 radical (unpaired) electrons. The summed E-state index contributed by atoms with van der Waals surface area (Å²) in [5.41, 5.74) is 2.89. The zero-order valence-corrected chi connectivity index (χ0v) is 13.0. The molecular weight excluding hydrogens is 294 g/mol. The predicted octanol–water partition coefficient (Wildman–Crippen LogP) is 2.68. The average molecular weight is 311 g/mol. The summed E-state index contributed by atoms with van der Waals surface area (Å²) >= 11 is 0. The van der Waals surface area contributed by atoms with E-state index in [2.05, 4.69) is 0 Å². The second-order valence-corrected chi connectivity index (χ2v) is 5.27. The molecule has 0 bridgehead atoms. The molecule has 1 aliphatic rings. The lowest BCUT2D eigenvalue weighted by Gasteiger charge is -2.18. The molecule has 2 aromatic rings. The molecule has 0 unspecified atom stereocenters. The van der Waals surface area contributed by atoms with Gasteiger partial charge in [-0.25, -0.2) is 4.79 Å². The first-order valence-electron chi connectivity index (χ1n) is 7.31. The van der Waals surface area contributed by atoms with Gasteiger partial charge < -0.3 is 14.4 Å². The van der Waals surface area contributed by atoms with Gasteiger partial charge in [0.25, 0.3) is 5.91 Å². The van der Waals surface area contributed by atoms with E-state index in [0.29, 0.717) is 23.4 Å². The van der Waals surface area contributed by atoms with Crippen LogP contribution in [0, 0.1) is 0 Å². The summed E-state index contributed by atoms with van der Waals surface area (Å²) in [5, 5.41) is 0. The highest BCUT2D eigenvalue weighted by Crippen LogP contribution is 2.30. The summed E-state index contributed by atoms with van der Waals surface area (Å²) in [6, 6.07) is 12.4. The quantitative estimate of drug-likeness (QED) is 0.818. The molecule has 1 aliphatic heterocycles. The third kappa shape index (κ3) is 2.77. The maximum atomic E-state index is 12.7. The van der Waals surface area contributed by atoms with Crippen molar-refractivity contribution in [2.24, 2.45) is 0 Å². The molecule has 5 nitrogen and oxygen atoms in total. The summed E-state index contributed by atoms with van der Waals surface area (Å²) in [4.78, 5) is 26.1. The van der Waals surface area contributed by atoms with Crippen LogP contribution in [0.2, 0.25) is 0 Å². The summed E-state index contributed by atoms with van der Waals surface area (Å²) in [7, 11) is 2.93. The minimum atomic E-state index is -0.370. The number of carbonyl (C=O) groups is 2. The van der Waals surface area contributed by atoms with E-state index >= 15 is 0 Å². The van der Waals surface area contributed by atoms with Crippen LogP contribution in [-0.2, 0) is 11.2 Å². The lowest BCUT2D eigenvalue weighted by molar-refractivity contribution is 0.0600. The van der Waals surface area contributed by atoms with E-state index in [9.17, 15) is 9.59 Å². The van der Waals surface area contributed by atoms with E-state index in [1.807, 2.05) is 0 Å². The van der Waals surface area contributed by atoms with Gasteiger partial charge >= 0.3 is 5.97 Å². The smallest absolute Gasteiger partial charge is 0.337 e. The molecule has 0 N–H and O–H groups in total. The fourth-order valence-corrected chi connectivity index (χ4v) is 2.77. The van der Waals surface area contributed by atoms with Crippen LogP contribution in [-0.4, -0.2) is 32.6 Å². The first-order valence-corrected chi connectivity index (χ1v) is 7.31.